The summed E-state index contributed by atoms with van der Waals surface area (Å²) < 4.78 is 12.5. The van der Waals surface area contributed by atoms with Crippen molar-refractivity contribution >= 4 is 23.0 Å². The molecular formula is C16H22N4O2S. The highest BCUT2D eigenvalue weighted by molar-refractivity contribution is 7.80. The van der Waals surface area contributed by atoms with Gasteiger partial charge in [-0.05, 0) is 30.3 Å². The summed E-state index contributed by atoms with van der Waals surface area (Å²) in [5.41, 5.74) is 0.849. The number of benzene rings is 1. The Morgan fingerprint density at radius 1 is 1.30 bits per heavy atom. The maximum Gasteiger partial charge on any atom is 0.170 e. The molecule has 23 heavy (non-hydrogen) atoms. The molecule has 0 radical (unpaired) electrons. The van der Waals surface area contributed by atoms with Gasteiger partial charge in [-0.3, -0.25) is 0 Å². The molecule has 0 unspecified atom stereocenters. The Balaban J connectivity index is 1.82. The minimum atomic E-state index is 0.425. The van der Waals surface area contributed by atoms with Gasteiger partial charge in [0.25, 0.3) is 0 Å². The number of nitrogens with zero attached hydrogens (tertiary/aromatic N) is 2. The first-order chi connectivity index (χ1) is 11.1. The van der Waals surface area contributed by atoms with E-state index in [9.17, 15) is 0 Å². The van der Waals surface area contributed by atoms with Crippen molar-refractivity contribution in [1.82, 2.24) is 14.9 Å². The quantitative estimate of drug-likeness (QED) is 0.759. The lowest BCUT2D eigenvalue weighted by atomic mass is 10.2. The third kappa shape index (κ3) is 5.14. The topological polar surface area (TPSA) is 60.3 Å². The molecule has 1 aromatic heterocycles. The molecule has 6 nitrogen and oxygen atoms in total. The maximum absolute atomic E-state index is 5.33. The largest absolute Gasteiger partial charge is 0.493 e. The molecule has 7 heteroatoms. The van der Waals surface area contributed by atoms with Gasteiger partial charge in [-0.15, -0.1) is 0 Å². The molecule has 124 valence electrons. The number of anilines is 1. The fourth-order valence-corrected chi connectivity index (χ4v) is 2.38. The summed E-state index contributed by atoms with van der Waals surface area (Å²) in [6, 6.07) is 5.58. The lowest BCUT2D eigenvalue weighted by Crippen LogP contribution is -2.33. The van der Waals surface area contributed by atoms with E-state index in [2.05, 4.69) is 27.1 Å². The van der Waals surface area contributed by atoms with Crippen LogP contribution < -0.4 is 20.1 Å². The molecule has 0 spiro atoms. The molecule has 0 bridgehead atoms. The van der Waals surface area contributed by atoms with E-state index in [1.54, 1.807) is 20.4 Å². The van der Waals surface area contributed by atoms with Gasteiger partial charge in [-0.25, -0.2) is 4.98 Å². The lowest BCUT2D eigenvalue weighted by Gasteiger charge is -2.16. The number of thiocarbonyl (C=S) groups is 1. The SMILES string of the molecule is COc1ccc(NC(=S)NC[C@@H](C)Cn2ccnc2)cc1OC. The molecule has 1 atom stereocenters. The Kier molecular flexibility index (Phi) is 6.22. The molecular weight excluding hydrogens is 312 g/mol. The summed E-state index contributed by atoms with van der Waals surface area (Å²) in [7, 11) is 3.22. The zero-order chi connectivity index (χ0) is 16.7. The molecule has 1 aromatic carbocycles. The van der Waals surface area contributed by atoms with E-state index in [0.29, 0.717) is 22.5 Å². The molecule has 2 aromatic rings. The van der Waals surface area contributed by atoms with Crippen LogP contribution in [-0.4, -0.2) is 35.4 Å². The second-order valence-corrected chi connectivity index (χ2v) is 5.68. The molecule has 0 fully saturated rings. The standard InChI is InChI=1S/C16H22N4O2S/c1-12(10-20-7-6-17-11-20)9-18-16(23)19-13-4-5-14(21-2)15(8-13)22-3/h4-8,11-12H,9-10H2,1-3H3,(H2,18,19,23)/t12-/m1/s1. The normalized spacial score (nSPS) is 11.6. The third-order valence-corrected chi connectivity index (χ3v) is 3.58. The number of methoxy groups -OCH3 is 2. The molecule has 0 saturated heterocycles. The first-order valence-electron chi connectivity index (χ1n) is 7.35. The van der Waals surface area contributed by atoms with Crippen LogP contribution in [-0.2, 0) is 6.54 Å². The van der Waals surface area contributed by atoms with Gasteiger partial charge in [0.1, 0.15) is 0 Å². The highest BCUT2D eigenvalue weighted by Gasteiger charge is 2.07. The van der Waals surface area contributed by atoms with Crippen LogP contribution in [0.2, 0.25) is 0 Å². The van der Waals surface area contributed by atoms with Crippen molar-refractivity contribution in [3.8, 4) is 11.5 Å². The Morgan fingerprint density at radius 3 is 2.74 bits per heavy atom. The van der Waals surface area contributed by atoms with Gasteiger partial charge >= 0.3 is 0 Å². The van der Waals surface area contributed by atoms with Gasteiger partial charge in [-0.1, -0.05) is 6.92 Å². The van der Waals surface area contributed by atoms with Crippen LogP contribution >= 0.6 is 12.2 Å². The van der Waals surface area contributed by atoms with E-state index >= 15 is 0 Å². The van der Waals surface area contributed by atoms with Crippen molar-refractivity contribution in [1.29, 1.82) is 0 Å². The van der Waals surface area contributed by atoms with E-state index in [4.69, 9.17) is 21.7 Å². The summed E-state index contributed by atoms with van der Waals surface area (Å²) in [5.74, 6) is 1.77. The Morgan fingerprint density at radius 2 is 2.09 bits per heavy atom. The highest BCUT2D eigenvalue weighted by atomic mass is 32.1. The predicted octanol–water partition coefficient (Wildman–Crippen LogP) is 2.52. The number of imidazole rings is 1. The van der Waals surface area contributed by atoms with Crippen LogP contribution in [0.25, 0.3) is 0 Å². The summed E-state index contributed by atoms with van der Waals surface area (Å²) in [6.07, 6.45) is 5.55. The first kappa shape index (κ1) is 17.1. The molecule has 0 aliphatic heterocycles. The average molecular weight is 334 g/mol. The lowest BCUT2D eigenvalue weighted by molar-refractivity contribution is 0.355. The second kappa shape index (κ2) is 8.38. The van der Waals surface area contributed by atoms with Crippen LogP contribution in [0.1, 0.15) is 6.92 Å². The van der Waals surface area contributed by atoms with E-state index in [0.717, 1.165) is 18.8 Å². The van der Waals surface area contributed by atoms with Crippen molar-refractivity contribution in [2.24, 2.45) is 5.92 Å². The smallest absolute Gasteiger partial charge is 0.170 e. The van der Waals surface area contributed by atoms with Gasteiger partial charge < -0.3 is 24.7 Å². The molecule has 1 heterocycles. The average Bonchev–Trinajstić information content (AvgIpc) is 3.05. The Bertz CT molecular complexity index is 631. The Labute approximate surface area is 141 Å². The van der Waals surface area contributed by atoms with Gasteiger partial charge in [0.2, 0.25) is 0 Å². The van der Waals surface area contributed by atoms with Crippen molar-refractivity contribution in [3.05, 3.63) is 36.9 Å². The predicted molar refractivity (Wildman–Crippen MR) is 95.2 cm³/mol. The number of ether oxygens (including phenoxy) is 2. The van der Waals surface area contributed by atoms with Crippen molar-refractivity contribution in [2.75, 3.05) is 26.1 Å². The molecule has 0 saturated carbocycles. The third-order valence-electron chi connectivity index (χ3n) is 3.33. The van der Waals surface area contributed by atoms with Crippen molar-refractivity contribution < 1.29 is 9.47 Å². The maximum atomic E-state index is 5.33. The van der Waals surface area contributed by atoms with Gasteiger partial charge in [0, 0.05) is 37.2 Å². The highest BCUT2D eigenvalue weighted by Crippen LogP contribution is 2.29. The van der Waals surface area contributed by atoms with Gasteiger partial charge in [0.05, 0.1) is 20.5 Å². The van der Waals surface area contributed by atoms with Crippen LogP contribution in [0.3, 0.4) is 0 Å². The summed E-state index contributed by atoms with van der Waals surface area (Å²) in [4.78, 5) is 4.04. The molecule has 2 N–H and O–H groups in total. The first-order valence-corrected chi connectivity index (χ1v) is 7.75. The van der Waals surface area contributed by atoms with E-state index < -0.39 is 0 Å². The molecule has 2 rings (SSSR count). The van der Waals surface area contributed by atoms with Gasteiger partial charge in [-0.2, -0.15) is 0 Å². The fraction of sp³-hybridized carbons (Fsp3) is 0.375. The van der Waals surface area contributed by atoms with Crippen LogP contribution in [0, 0.1) is 5.92 Å². The van der Waals surface area contributed by atoms with Crippen molar-refractivity contribution in [3.63, 3.8) is 0 Å². The minimum Gasteiger partial charge on any atom is -0.493 e. The van der Waals surface area contributed by atoms with E-state index in [1.807, 2.05) is 30.7 Å². The number of nitrogens with one attached hydrogen (secondary N) is 2. The van der Waals surface area contributed by atoms with Crippen molar-refractivity contribution in [2.45, 2.75) is 13.5 Å². The second-order valence-electron chi connectivity index (χ2n) is 5.27. The summed E-state index contributed by atoms with van der Waals surface area (Å²) in [6.45, 7) is 3.83. The molecule has 0 amide bonds. The van der Waals surface area contributed by atoms with E-state index in [1.165, 1.54) is 0 Å². The summed E-state index contributed by atoms with van der Waals surface area (Å²) >= 11 is 5.33. The van der Waals surface area contributed by atoms with Crippen LogP contribution in [0.4, 0.5) is 5.69 Å². The number of rotatable bonds is 7. The van der Waals surface area contributed by atoms with E-state index in [-0.39, 0.29) is 0 Å². The monoisotopic (exact) mass is 334 g/mol. The molecule has 0 aliphatic carbocycles. The Hall–Kier alpha value is -2.28. The number of aromatic nitrogens is 2. The number of hydrogen-bond acceptors (Lipinski definition) is 4. The fourth-order valence-electron chi connectivity index (χ4n) is 2.18. The minimum absolute atomic E-state index is 0.425. The van der Waals surface area contributed by atoms with Crippen LogP contribution in [0.15, 0.2) is 36.9 Å². The summed E-state index contributed by atoms with van der Waals surface area (Å²) in [5, 5.41) is 6.95. The number of hydrogen-bond donors (Lipinski definition) is 2. The van der Waals surface area contributed by atoms with Gasteiger partial charge in [0.15, 0.2) is 16.6 Å². The molecule has 0 aliphatic rings. The zero-order valence-corrected chi connectivity index (χ0v) is 14.4. The zero-order valence-electron chi connectivity index (χ0n) is 13.6. The van der Waals surface area contributed by atoms with Crippen LogP contribution in [0.5, 0.6) is 11.5 Å².